The normalized spacial score (nSPS) is 20.2. The minimum Gasteiger partial charge on any atom is -0.456 e. The van der Waals surface area contributed by atoms with Gasteiger partial charge in [0.25, 0.3) is 0 Å². The summed E-state index contributed by atoms with van der Waals surface area (Å²) in [5.41, 5.74) is -6.29. The molecule has 0 aliphatic heterocycles. The molecule has 51 heavy (non-hydrogen) atoms. The van der Waals surface area contributed by atoms with Gasteiger partial charge in [0.2, 0.25) is 0 Å². The molecule has 0 amide bonds. The smallest absolute Gasteiger partial charge is 0.136 e. The Morgan fingerprint density at radius 1 is 0.314 bits per heavy atom. The highest BCUT2D eigenvalue weighted by atomic mass is 16.3. The summed E-state index contributed by atoms with van der Waals surface area (Å²) in [5, 5.41) is -7.57. The third-order valence-electron chi connectivity index (χ3n) is 8.57. The van der Waals surface area contributed by atoms with E-state index in [-0.39, 0.29) is 0 Å². The molecule has 10 aromatic carbocycles. The first-order valence-corrected chi connectivity index (χ1v) is 15.2. The van der Waals surface area contributed by atoms with Crippen molar-refractivity contribution >= 4 is 75.8 Å². The maximum Gasteiger partial charge on any atom is 0.136 e. The topological polar surface area (TPSA) is 13.1 Å². The van der Waals surface area contributed by atoms with Crippen molar-refractivity contribution in [1.82, 2.24) is 0 Å². The molecule has 0 N–H and O–H groups in total. The molecule has 0 spiro atoms. The van der Waals surface area contributed by atoms with Crippen LogP contribution in [0.1, 0.15) is 41.1 Å². The lowest BCUT2D eigenvalue weighted by Gasteiger charge is -2.18. The van der Waals surface area contributed by atoms with Crippen LogP contribution in [0.25, 0.3) is 109 Å². The van der Waals surface area contributed by atoms with Gasteiger partial charge in [-0.1, -0.05) is 157 Å². The molecule has 0 saturated heterocycles. The van der Waals surface area contributed by atoms with Crippen molar-refractivity contribution in [2.45, 2.75) is 0 Å². The number of hydrogen-bond acceptors (Lipinski definition) is 1. The molecular weight excluding hydrogens is 617 g/mol. The molecule has 0 saturated carbocycles. The maximum atomic E-state index is 10.0. The van der Waals surface area contributed by atoms with Crippen LogP contribution in [-0.2, 0) is 0 Å². The first-order chi connectivity index (χ1) is 37.8. The van der Waals surface area contributed by atoms with Gasteiger partial charge < -0.3 is 4.42 Å². The highest BCUT2D eigenvalue weighted by Crippen LogP contribution is 2.46. The van der Waals surface area contributed by atoms with E-state index in [4.69, 9.17) is 27.7 Å². The SMILES string of the molecule is [2H]c1c([2H])c(-c2c3c([2H])c([2H])c([2H])c([2H])c3c(-c3c([2H])c([2H])c4oc5c([2H])c([2H])c6c([2H])c([2H])c([2H])c([2H])c6c5c4c3[2H])c3c([2H])c([2H])c([2H])c([2H])c23)c([2H])c(-c2c([2H])c([2H])c([2H])c3c2c([2H])c([2H])c2c([2H])c([2H])c([2H])c([2H])c23)c1[2H]. The standard InChI is InChI=1S/C50H30O/c1-3-15-36-31(11-1)23-26-40-37(21-10-22-39(36)40)33-13-9-14-34(29-33)48-41-17-5-7-19-43(41)49(44-20-8-6-18-42(44)48)35-25-27-46-45(30-35)50-38-16-4-2-12-32(38)24-28-47(50)51-46/h1-30H/i1D,2D,3D,4D,5D,6D,7D,8D,9D,10D,11D,12D,13D,14D,15D,16D,17D,18D,19D,20D,21D,22D,23D,24D,25D,26D,27D,28D,29D,30D. The Hall–Kier alpha value is -6.70. The van der Waals surface area contributed by atoms with E-state index in [9.17, 15) is 17.8 Å². The van der Waals surface area contributed by atoms with Crippen molar-refractivity contribution in [3.8, 4) is 33.4 Å². The molecule has 1 nitrogen and oxygen atoms in total. The van der Waals surface area contributed by atoms with E-state index >= 15 is 0 Å². The second-order valence-electron chi connectivity index (χ2n) is 11.3. The molecule has 0 bridgehead atoms. The van der Waals surface area contributed by atoms with Crippen molar-refractivity contribution in [2.75, 3.05) is 0 Å². The summed E-state index contributed by atoms with van der Waals surface area (Å²) in [4.78, 5) is 0. The van der Waals surface area contributed by atoms with Crippen LogP contribution in [0.15, 0.2) is 186 Å². The lowest BCUT2D eigenvalue weighted by molar-refractivity contribution is 0.669. The van der Waals surface area contributed by atoms with Crippen molar-refractivity contribution in [3.63, 3.8) is 0 Å². The van der Waals surface area contributed by atoms with Gasteiger partial charge in [0.15, 0.2) is 0 Å². The summed E-state index contributed by atoms with van der Waals surface area (Å²) in [6, 6.07) is -28.4. The van der Waals surface area contributed by atoms with E-state index in [1.54, 1.807) is 0 Å². The van der Waals surface area contributed by atoms with E-state index in [1.165, 1.54) is 0 Å². The molecule has 236 valence electrons. The highest BCUT2D eigenvalue weighted by molar-refractivity contribution is 6.24. The van der Waals surface area contributed by atoms with Crippen LogP contribution in [0, 0.1) is 0 Å². The largest absolute Gasteiger partial charge is 0.456 e. The molecule has 11 aromatic rings. The fraction of sp³-hybridized carbons (Fsp3) is 0. The number of rotatable bonds is 3. The van der Waals surface area contributed by atoms with E-state index in [0.29, 0.717) is 0 Å². The van der Waals surface area contributed by atoms with Crippen LogP contribution >= 0.6 is 0 Å². The molecule has 0 atom stereocenters. The van der Waals surface area contributed by atoms with Gasteiger partial charge in [0, 0.05) is 10.8 Å². The Morgan fingerprint density at radius 3 is 1.57 bits per heavy atom. The zero-order chi connectivity index (χ0) is 59.6. The Morgan fingerprint density at radius 2 is 0.843 bits per heavy atom. The third-order valence-corrected chi connectivity index (χ3v) is 8.57. The summed E-state index contributed by atoms with van der Waals surface area (Å²) in [5.74, 6) is 0. The summed E-state index contributed by atoms with van der Waals surface area (Å²) in [7, 11) is 0. The van der Waals surface area contributed by atoms with Gasteiger partial charge in [0.05, 0.1) is 41.1 Å². The van der Waals surface area contributed by atoms with E-state index < -0.39 is 290 Å². The number of furan rings is 1. The number of fused-ring (bicyclic) bond motifs is 10. The molecule has 11 rings (SSSR count). The van der Waals surface area contributed by atoms with Gasteiger partial charge in [-0.25, -0.2) is 0 Å². The summed E-state index contributed by atoms with van der Waals surface area (Å²) >= 11 is 0. The van der Waals surface area contributed by atoms with E-state index in [0.717, 1.165) is 0 Å². The Kier molecular flexibility index (Phi) is 2.50. The van der Waals surface area contributed by atoms with Crippen LogP contribution in [0.3, 0.4) is 0 Å². The third kappa shape index (κ3) is 4.22. The van der Waals surface area contributed by atoms with Gasteiger partial charge in [-0.2, -0.15) is 0 Å². The monoisotopic (exact) mass is 676 g/mol. The maximum absolute atomic E-state index is 10.0. The van der Waals surface area contributed by atoms with Crippen LogP contribution in [0.5, 0.6) is 0 Å². The van der Waals surface area contributed by atoms with Crippen molar-refractivity contribution in [1.29, 1.82) is 0 Å². The second-order valence-corrected chi connectivity index (χ2v) is 11.3. The molecule has 0 unspecified atom stereocenters. The van der Waals surface area contributed by atoms with Gasteiger partial charge in [-0.05, 0) is 111 Å². The Labute approximate surface area is 336 Å². The van der Waals surface area contributed by atoms with Gasteiger partial charge in [-0.15, -0.1) is 0 Å². The minimum atomic E-state index is -1.14. The zero-order valence-corrected chi connectivity index (χ0v) is 25.4. The summed E-state index contributed by atoms with van der Waals surface area (Å²) in [6.45, 7) is 0. The van der Waals surface area contributed by atoms with Crippen LogP contribution in [0.2, 0.25) is 0 Å². The number of hydrogen-bond donors (Lipinski definition) is 0. The van der Waals surface area contributed by atoms with Gasteiger partial charge in [0.1, 0.15) is 11.2 Å². The van der Waals surface area contributed by atoms with Gasteiger partial charge >= 0.3 is 0 Å². The van der Waals surface area contributed by atoms with Crippen LogP contribution < -0.4 is 0 Å². The van der Waals surface area contributed by atoms with Crippen LogP contribution in [0.4, 0.5) is 0 Å². The molecule has 1 heterocycles. The first kappa shape index (κ1) is 11.7. The Bertz CT molecular complexity index is 4850. The molecule has 0 fully saturated rings. The minimum absolute atomic E-state index is 0.428. The molecular formula is C50H30O. The highest BCUT2D eigenvalue weighted by Gasteiger charge is 2.19. The molecule has 0 radical (unpaired) electrons. The number of benzene rings is 10. The first-order valence-electron chi connectivity index (χ1n) is 30.2. The predicted molar refractivity (Wildman–Crippen MR) is 218 cm³/mol. The van der Waals surface area contributed by atoms with Crippen molar-refractivity contribution in [3.05, 3.63) is 181 Å². The second kappa shape index (κ2) is 10.9. The average molecular weight is 677 g/mol. The van der Waals surface area contributed by atoms with Crippen LogP contribution in [-0.4, -0.2) is 0 Å². The van der Waals surface area contributed by atoms with Gasteiger partial charge in [-0.3, -0.25) is 0 Å². The molecule has 0 aliphatic rings. The molecule has 1 heteroatoms. The Balaban J connectivity index is 1.41. The van der Waals surface area contributed by atoms with Crippen molar-refractivity contribution in [2.24, 2.45) is 0 Å². The zero-order valence-electron chi connectivity index (χ0n) is 55.4. The van der Waals surface area contributed by atoms with E-state index in [2.05, 4.69) is 0 Å². The lowest BCUT2D eigenvalue weighted by atomic mass is 9.85. The fourth-order valence-electron chi connectivity index (χ4n) is 6.42. The summed E-state index contributed by atoms with van der Waals surface area (Å²) < 4.78 is 279. The quantitative estimate of drug-likeness (QED) is 0.134. The molecule has 1 aromatic heterocycles. The molecule has 0 aliphatic carbocycles. The fourth-order valence-corrected chi connectivity index (χ4v) is 6.42. The van der Waals surface area contributed by atoms with Crippen molar-refractivity contribution < 1.29 is 45.5 Å². The van der Waals surface area contributed by atoms with E-state index in [1.807, 2.05) is 0 Å². The summed E-state index contributed by atoms with van der Waals surface area (Å²) in [6.07, 6.45) is 0. The average Bonchev–Trinajstić information content (AvgIpc) is 3.38. The predicted octanol–water partition coefficient (Wildman–Crippen LogP) is 14.4. The lowest BCUT2D eigenvalue weighted by Crippen LogP contribution is -1.91.